The monoisotopic (exact) mass is 412 g/mol. The zero-order chi connectivity index (χ0) is 21.5. The standard InChI is InChI=1S/C26H24N2O3/c1-19-24(28-26(31-19)21-11-6-3-7-12-21)15-16-30-23-14-8-13-22(17-23)25(29)27-18-20-9-4-2-5-10-20/h2-14,17H,15-16,18H2,1H3,(H,27,29). The lowest BCUT2D eigenvalue weighted by molar-refractivity contribution is 0.0950. The van der Waals surface area contributed by atoms with E-state index in [4.69, 9.17) is 9.15 Å². The van der Waals surface area contributed by atoms with Gasteiger partial charge < -0.3 is 14.5 Å². The lowest BCUT2D eigenvalue weighted by atomic mass is 10.2. The zero-order valence-corrected chi connectivity index (χ0v) is 17.4. The van der Waals surface area contributed by atoms with Crippen LogP contribution in [0.5, 0.6) is 5.75 Å². The highest BCUT2D eigenvalue weighted by Crippen LogP contribution is 2.22. The van der Waals surface area contributed by atoms with Gasteiger partial charge in [0.2, 0.25) is 5.89 Å². The molecular weight excluding hydrogens is 388 g/mol. The van der Waals surface area contributed by atoms with E-state index in [1.54, 1.807) is 12.1 Å². The highest BCUT2D eigenvalue weighted by Gasteiger charge is 2.12. The number of hydrogen-bond donors (Lipinski definition) is 1. The van der Waals surface area contributed by atoms with E-state index in [1.165, 1.54) is 0 Å². The molecule has 1 heterocycles. The molecule has 0 saturated carbocycles. The first kappa shape index (κ1) is 20.4. The summed E-state index contributed by atoms with van der Waals surface area (Å²) in [4.78, 5) is 17.1. The van der Waals surface area contributed by atoms with Crippen LogP contribution in [0.3, 0.4) is 0 Å². The molecule has 1 N–H and O–H groups in total. The molecule has 0 radical (unpaired) electrons. The highest BCUT2D eigenvalue weighted by atomic mass is 16.5. The van der Waals surface area contributed by atoms with E-state index in [9.17, 15) is 4.79 Å². The predicted octanol–water partition coefficient (Wildman–Crippen LogP) is 5.20. The maximum Gasteiger partial charge on any atom is 0.251 e. The first-order chi connectivity index (χ1) is 15.2. The van der Waals surface area contributed by atoms with Crippen molar-refractivity contribution in [2.45, 2.75) is 19.9 Å². The Morgan fingerprint density at radius 1 is 0.968 bits per heavy atom. The number of nitrogens with one attached hydrogen (secondary N) is 1. The molecule has 0 bridgehead atoms. The second-order valence-corrected chi connectivity index (χ2v) is 7.18. The van der Waals surface area contributed by atoms with Crippen LogP contribution in [0, 0.1) is 6.92 Å². The van der Waals surface area contributed by atoms with Gasteiger partial charge in [-0.15, -0.1) is 0 Å². The van der Waals surface area contributed by atoms with Crippen LogP contribution < -0.4 is 10.1 Å². The van der Waals surface area contributed by atoms with E-state index in [0.717, 1.165) is 22.6 Å². The van der Waals surface area contributed by atoms with Crippen molar-refractivity contribution in [1.29, 1.82) is 0 Å². The van der Waals surface area contributed by atoms with Crippen LogP contribution in [0.4, 0.5) is 0 Å². The number of carbonyl (C=O) groups is 1. The summed E-state index contributed by atoms with van der Waals surface area (Å²) in [6.45, 7) is 2.84. The van der Waals surface area contributed by atoms with E-state index >= 15 is 0 Å². The molecule has 0 fully saturated rings. The number of rotatable bonds is 8. The van der Waals surface area contributed by atoms with Crippen LogP contribution in [0.1, 0.15) is 27.4 Å². The number of hydrogen-bond acceptors (Lipinski definition) is 4. The van der Waals surface area contributed by atoms with Gasteiger partial charge in [-0.05, 0) is 42.8 Å². The van der Waals surface area contributed by atoms with Crippen LogP contribution in [0.25, 0.3) is 11.5 Å². The van der Waals surface area contributed by atoms with E-state index < -0.39 is 0 Å². The van der Waals surface area contributed by atoms with Gasteiger partial charge in [0.1, 0.15) is 11.5 Å². The van der Waals surface area contributed by atoms with Crippen molar-refractivity contribution in [3.05, 3.63) is 108 Å². The lowest BCUT2D eigenvalue weighted by Crippen LogP contribution is -2.22. The first-order valence-electron chi connectivity index (χ1n) is 10.3. The van der Waals surface area contributed by atoms with Gasteiger partial charge >= 0.3 is 0 Å². The van der Waals surface area contributed by atoms with E-state index in [0.29, 0.717) is 36.8 Å². The molecule has 5 nitrogen and oxygen atoms in total. The van der Waals surface area contributed by atoms with Crippen molar-refractivity contribution >= 4 is 5.91 Å². The number of carbonyl (C=O) groups excluding carboxylic acids is 1. The first-order valence-corrected chi connectivity index (χ1v) is 10.3. The Bertz CT molecular complexity index is 1140. The SMILES string of the molecule is Cc1oc(-c2ccccc2)nc1CCOc1cccc(C(=O)NCc2ccccc2)c1. The highest BCUT2D eigenvalue weighted by molar-refractivity contribution is 5.94. The van der Waals surface area contributed by atoms with Crippen molar-refractivity contribution in [1.82, 2.24) is 10.3 Å². The Hall–Kier alpha value is -3.86. The minimum Gasteiger partial charge on any atom is -0.493 e. The number of benzene rings is 3. The minimum atomic E-state index is -0.130. The molecule has 3 aromatic carbocycles. The van der Waals surface area contributed by atoms with E-state index in [-0.39, 0.29) is 5.91 Å². The fraction of sp³-hybridized carbons (Fsp3) is 0.154. The predicted molar refractivity (Wildman–Crippen MR) is 120 cm³/mol. The van der Waals surface area contributed by atoms with Gasteiger partial charge in [0.25, 0.3) is 5.91 Å². The van der Waals surface area contributed by atoms with Crippen molar-refractivity contribution in [3.8, 4) is 17.2 Å². The van der Waals surface area contributed by atoms with Gasteiger partial charge in [-0.25, -0.2) is 4.98 Å². The molecule has 31 heavy (non-hydrogen) atoms. The van der Waals surface area contributed by atoms with E-state index in [1.807, 2.05) is 79.7 Å². The molecule has 0 aliphatic carbocycles. The van der Waals surface area contributed by atoms with Gasteiger partial charge in [-0.3, -0.25) is 4.79 Å². The summed E-state index contributed by atoms with van der Waals surface area (Å²) >= 11 is 0. The largest absolute Gasteiger partial charge is 0.493 e. The number of aromatic nitrogens is 1. The molecule has 5 heteroatoms. The Balaban J connectivity index is 1.32. The quantitative estimate of drug-likeness (QED) is 0.432. The Morgan fingerprint density at radius 2 is 1.71 bits per heavy atom. The molecular formula is C26H24N2O3. The third-order valence-corrected chi connectivity index (χ3v) is 4.91. The minimum absolute atomic E-state index is 0.130. The summed E-state index contributed by atoms with van der Waals surface area (Å²) in [5, 5.41) is 2.93. The Kier molecular flexibility index (Phi) is 6.43. The van der Waals surface area contributed by atoms with Gasteiger partial charge in [-0.2, -0.15) is 0 Å². The summed E-state index contributed by atoms with van der Waals surface area (Å²) in [5.41, 5.74) is 3.45. The molecule has 4 rings (SSSR count). The normalized spacial score (nSPS) is 10.6. The molecule has 0 spiro atoms. The van der Waals surface area contributed by atoms with Crippen molar-refractivity contribution in [2.24, 2.45) is 0 Å². The average molecular weight is 412 g/mol. The molecule has 1 amide bonds. The fourth-order valence-corrected chi connectivity index (χ4v) is 3.24. The third-order valence-electron chi connectivity index (χ3n) is 4.91. The maximum absolute atomic E-state index is 12.5. The van der Waals surface area contributed by atoms with Crippen LogP contribution in [0.15, 0.2) is 89.3 Å². The number of amides is 1. The molecule has 156 valence electrons. The van der Waals surface area contributed by atoms with E-state index in [2.05, 4.69) is 10.3 Å². The molecule has 0 aliphatic heterocycles. The zero-order valence-electron chi connectivity index (χ0n) is 17.4. The molecule has 0 atom stereocenters. The summed E-state index contributed by atoms with van der Waals surface area (Å²) in [6, 6.07) is 26.8. The Labute approximate surface area is 181 Å². The summed E-state index contributed by atoms with van der Waals surface area (Å²) in [6.07, 6.45) is 0.618. The maximum atomic E-state index is 12.5. The molecule has 0 saturated heterocycles. The van der Waals surface area contributed by atoms with Crippen molar-refractivity contribution in [2.75, 3.05) is 6.61 Å². The van der Waals surface area contributed by atoms with Crippen molar-refractivity contribution < 1.29 is 13.9 Å². The van der Waals surface area contributed by atoms with Gasteiger partial charge in [-0.1, -0.05) is 54.6 Å². The summed E-state index contributed by atoms with van der Waals surface area (Å²) in [7, 11) is 0. The number of nitrogens with zero attached hydrogens (tertiary/aromatic N) is 1. The Morgan fingerprint density at radius 3 is 2.48 bits per heavy atom. The van der Waals surface area contributed by atoms with Gasteiger partial charge in [0, 0.05) is 24.1 Å². The summed E-state index contributed by atoms with van der Waals surface area (Å²) < 4.78 is 11.7. The molecule has 4 aromatic rings. The molecule has 0 aliphatic rings. The lowest BCUT2D eigenvalue weighted by Gasteiger charge is -2.08. The van der Waals surface area contributed by atoms with Crippen LogP contribution in [0.2, 0.25) is 0 Å². The third kappa shape index (κ3) is 5.39. The summed E-state index contributed by atoms with van der Waals surface area (Å²) in [5.74, 6) is 1.92. The molecule has 1 aromatic heterocycles. The number of aryl methyl sites for hydroxylation is 1. The number of ether oxygens (including phenoxy) is 1. The fourth-order valence-electron chi connectivity index (χ4n) is 3.24. The molecule has 0 unspecified atom stereocenters. The average Bonchev–Trinajstić information content (AvgIpc) is 3.19. The topological polar surface area (TPSA) is 64.4 Å². The van der Waals surface area contributed by atoms with Crippen molar-refractivity contribution in [3.63, 3.8) is 0 Å². The second-order valence-electron chi connectivity index (χ2n) is 7.18. The van der Waals surface area contributed by atoms with Crippen LogP contribution in [-0.4, -0.2) is 17.5 Å². The second kappa shape index (κ2) is 9.76. The van der Waals surface area contributed by atoms with Crippen LogP contribution in [-0.2, 0) is 13.0 Å². The smallest absolute Gasteiger partial charge is 0.251 e. The van der Waals surface area contributed by atoms with Gasteiger partial charge in [0.05, 0.1) is 12.3 Å². The number of oxazole rings is 1. The van der Waals surface area contributed by atoms with Crippen LogP contribution >= 0.6 is 0 Å². The van der Waals surface area contributed by atoms with Gasteiger partial charge in [0.15, 0.2) is 0 Å².